The van der Waals surface area contributed by atoms with E-state index >= 15 is 0 Å². The van der Waals surface area contributed by atoms with Crippen molar-refractivity contribution in [3.63, 3.8) is 0 Å². The highest BCUT2D eigenvalue weighted by molar-refractivity contribution is 5.42. The number of hydrogen-bond donors (Lipinski definition) is 1. The van der Waals surface area contributed by atoms with Crippen LogP contribution in [0.3, 0.4) is 0 Å². The fraction of sp³-hybridized carbons (Fsp3) is 0.455. The van der Waals surface area contributed by atoms with Crippen molar-refractivity contribution in [1.29, 1.82) is 0 Å². The standard InChI is InChI=1S/C11H14O4/c1-13-10-4-3-8(7-9(10)12)11-14-5-2-6-15-11/h3-4,7,11-12H,2,5-6H2,1H3. The van der Waals surface area contributed by atoms with Crippen LogP contribution >= 0.6 is 0 Å². The van der Waals surface area contributed by atoms with E-state index in [9.17, 15) is 5.11 Å². The maximum Gasteiger partial charge on any atom is 0.183 e. The Morgan fingerprint density at radius 2 is 2.07 bits per heavy atom. The first-order valence-electron chi connectivity index (χ1n) is 4.91. The number of rotatable bonds is 2. The summed E-state index contributed by atoms with van der Waals surface area (Å²) in [5.74, 6) is 0.558. The maximum absolute atomic E-state index is 9.59. The summed E-state index contributed by atoms with van der Waals surface area (Å²) in [6.45, 7) is 1.38. The molecule has 0 atom stereocenters. The number of benzene rings is 1. The minimum atomic E-state index is -0.365. The molecule has 1 fully saturated rings. The molecule has 1 heterocycles. The molecule has 0 unspecified atom stereocenters. The topological polar surface area (TPSA) is 47.9 Å². The van der Waals surface area contributed by atoms with E-state index in [1.54, 1.807) is 12.1 Å². The van der Waals surface area contributed by atoms with Crippen LogP contribution in [0.2, 0.25) is 0 Å². The Morgan fingerprint density at radius 3 is 2.67 bits per heavy atom. The number of aromatic hydroxyl groups is 1. The molecule has 0 aliphatic carbocycles. The van der Waals surface area contributed by atoms with Gasteiger partial charge in [0.05, 0.1) is 20.3 Å². The summed E-state index contributed by atoms with van der Waals surface area (Å²) in [4.78, 5) is 0. The lowest BCUT2D eigenvalue weighted by Crippen LogP contribution is -2.17. The van der Waals surface area contributed by atoms with Gasteiger partial charge in [0.2, 0.25) is 0 Å². The first-order chi connectivity index (χ1) is 7.31. The maximum atomic E-state index is 9.59. The Bertz CT molecular complexity index is 331. The van der Waals surface area contributed by atoms with Gasteiger partial charge in [0, 0.05) is 5.56 Å². The molecule has 1 aliphatic rings. The van der Waals surface area contributed by atoms with Crippen molar-refractivity contribution >= 4 is 0 Å². The Balaban J connectivity index is 2.17. The average Bonchev–Trinajstić information content (AvgIpc) is 2.30. The monoisotopic (exact) mass is 210 g/mol. The summed E-state index contributed by atoms with van der Waals surface area (Å²) < 4.78 is 15.8. The van der Waals surface area contributed by atoms with Crippen molar-refractivity contribution < 1.29 is 19.3 Å². The highest BCUT2D eigenvalue weighted by Gasteiger charge is 2.17. The normalized spacial score (nSPS) is 17.7. The molecule has 82 valence electrons. The first kappa shape index (κ1) is 10.3. The number of phenolic OH excluding ortho intramolecular Hbond substituents is 1. The summed E-state index contributed by atoms with van der Waals surface area (Å²) in [5, 5.41) is 9.59. The Morgan fingerprint density at radius 1 is 1.33 bits per heavy atom. The molecule has 0 spiro atoms. The fourth-order valence-corrected chi connectivity index (χ4v) is 1.53. The van der Waals surface area contributed by atoms with Crippen LogP contribution in [0.5, 0.6) is 11.5 Å². The molecule has 2 rings (SSSR count). The molecule has 1 aromatic carbocycles. The molecule has 1 N–H and O–H groups in total. The zero-order valence-corrected chi connectivity index (χ0v) is 8.60. The summed E-state index contributed by atoms with van der Waals surface area (Å²) in [6, 6.07) is 5.13. The molecule has 0 bridgehead atoms. The van der Waals surface area contributed by atoms with Gasteiger partial charge in [-0.1, -0.05) is 6.07 Å². The number of ether oxygens (including phenoxy) is 3. The molecule has 1 saturated heterocycles. The molecule has 4 nitrogen and oxygen atoms in total. The second-order valence-corrected chi connectivity index (χ2v) is 3.36. The van der Waals surface area contributed by atoms with Crippen LogP contribution in [0, 0.1) is 0 Å². The fourth-order valence-electron chi connectivity index (χ4n) is 1.53. The van der Waals surface area contributed by atoms with Crippen LogP contribution in [-0.2, 0) is 9.47 Å². The minimum Gasteiger partial charge on any atom is -0.504 e. The zero-order valence-electron chi connectivity index (χ0n) is 8.60. The van der Waals surface area contributed by atoms with E-state index < -0.39 is 0 Å². The lowest BCUT2D eigenvalue weighted by molar-refractivity contribution is -0.183. The third-order valence-corrected chi connectivity index (χ3v) is 2.30. The van der Waals surface area contributed by atoms with Crippen LogP contribution in [0.25, 0.3) is 0 Å². The van der Waals surface area contributed by atoms with E-state index in [1.165, 1.54) is 7.11 Å². The lowest BCUT2D eigenvalue weighted by atomic mass is 10.2. The Labute approximate surface area is 88.4 Å². The average molecular weight is 210 g/mol. The van der Waals surface area contributed by atoms with Crippen LogP contribution < -0.4 is 4.74 Å². The van der Waals surface area contributed by atoms with E-state index in [2.05, 4.69) is 0 Å². The molecule has 4 heteroatoms. The largest absolute Gasteiger partial charge is 0.504 e. The van der Waals surface area contributed by atoms with Crippen molar-refractivity contribution in [2.75, 3.05) is 20.3 Å². The molecular formula is C11H14O4. The predicted octanol–water partition coefficient (Wildman–Crippen LogP) is 1.84. The quantitative estimate of drug-likeness (QED) is 0.809. The van der Waals surface area contributed by atoms with E-state index in [0.717, 1.165) is 12.0 Å². The highest BCUT2D eigenvalue weighted by atomic mass is 16.7. The molecule has 1 aliphatic heterocycles. The molecule has 0 radical (unpaired) electrons. The van der Waals surface area contributed by atoms with Gasteiger partial charge in [-0.25, -0.2) is 0 Å². The van der Waals surface area contributed by atoms with E-state index in [1.807, 2.05) is 6.07 Å². The third-order valence-electron chi connectivity index (χ3n) is 2.30. The van der Waals surface area contributed by atoms with Gasteiger partial charge in [-0.15, -0.1) is 0 Å². The van der Waals surface area contributed by atoms with Crippen LogP contribution in [0.4, 0.5) is 0 Å². The summed E-state index contributed by atoms with van der Waals surface area (Å²) in [7, 11) is 1.52. The SMILES string of the molecule is COc1ccc(C2OCCCO2)cc1O. The predicted molar refractivity (Wildman–Crippen MR) is 53.9 cm³/mol. The van der Waals surface area contributed by atoms with Gasteiger partial charge in [-0.05, 0) is 18.6 Å². The minimum absolute atomic E-state index is 0.104. The molecule has 15 heavy (non-hydrogen) atoms. The second kappa shape index (κ2) is 4.51. The second-order valence-electron chi connectivity index (χ2n) is 3.36. The van der Waals surface area contributed by atoms with Gasteiger partial charge in [-0.3, -0.25) is 0 Å². The molecular weight excluding hydrogens is 196 g/mol. The van der Waals surface area contributed by atoms with E-state index in [4.69, 9.17) is 14.2 Å². The van der Waals surface area contributed by atoms with E-state index in [-0.39, 0.29) is 12.0 Å². The van der Waals surface area contributed by atoms with Gasteiger partial charge in [-0.2, -0.15) is 0 Å². The number of methoxy groups -OCH3 is 1. The molecule has 0 saturated carbocycles. The highest BCUT2D eigenvalue weighted by Crippen LogP contribution is 2.31. The third kappa shape index (κ3) is 2.22. The van der Waals surface area contributed by atoms with Gasteiger partial charge in [0.25, 0.3) is 0 Å². The summed E-state index contributed by atoms with van der Waals surface area (Å²) in [6.07, 6.45) is 0.550. The van der Waals surface area contributed by atoms with Crippen molar-refractivity contribution in [3.05, 3.63) is 23.8 Å². The van der Waals surface area contributed by atoms with Crippen molar-refractivity contribution in [1.82, 2.24) is 0 Å². The van der Waals surface area contributed by atoms with Crippen molar-refractivity contribution in [3.8, 4) is 11.5 Å². The summed E-state index contributed by atoms with van der Waals surface area (Å²) >= 11 is 0. The number of hydrogen-bond acceptors (Lipinski definition) is 4. The smallest absolute Gasteiger partial charge is 0.183 e. The van der Waals surface area contributed by atoms with Gasteiger partial charge < -0.3 is 19.3 Å². The molecule has 0 aromatic heterocycles. The molecule has 0 amide bonds. The molecule has 1 aromatic rings. The zero-order chi connectivity index (χ0) is 10.7. The lowest BCUT2D eigenvalue weighted by Gasteiger charge is -2.23. The van der Waals surface area contributed by atoms with Gasteiger partial charge in [0.15, 0.2) is 17.8 Å². The Hall–Kier alpha value is -1.26. The summed E-state index contributed by atoms with van der Waals surface area (Å²) in [5.41, 5.74) is 0.813. The van der Waals surface area contributed by atoms with Gasteiger partial charge >= 0.3 is 0 Å². The van der Waals surface area contributed by atoms with Crippen LogP contribution in [0.1, 0.15) is 18.3 Å². The van der Waals surface area contributed by atoms with Crippen molar-refractivity contribution in [2.45, 2.75) is 12.7 Å². The van der Waals surface area contributed by atoms with Crippen LogP contribution in [0.15, 0.2) is 18.2 Å². The van der Waals surface area contributed by atoms with Crippen molar-refractivity contribution in [2.24, 2.45) is 0 Å². The van der Waals surface area contributed by atoms with Crippen LogP contribution in [-0.4, -0.2) is 25.4 Å². The van der Waals surface area contributed by atoms with E-state index in [0.29, 0.717) is 19.0 Å². The Kier molecular flexibility index (Phi) is 3.08. The first-order valence-corrected chi connectivity index (χ1v) is 4.91. The number of phenols is 1. The van der Waals surface area contributed by atoms with Gasteiger partial charge in [0.1, 0.15) is 0 Å².